The predicted molar refractivity (Wildman–Crippen MR) is 105 cm³/mol. The number of Topliss-reactive ketones (excluding diaryl/α,β-unsaturated/α-hetero) is 1. The number of hydrogen-bond donors (Lipinski definition) is 3. The highest BCUT2D eigenvalue weighted by Gasteiger charge is 2.74. The third-order valence-corrected chi connectivity index (χ3v) is 9.72. The summed E-state index contributed by atoms with van der Waals surface area (Å²) in [6.45, 7) is 4.97. The minimum Gasteiger partial charge on any atom is -0.391 e. The van der Waals surface area contributed by atoms with Crippen molar-refractivity contribution >= 4 is 23.2 Å². The summed E-state index contributed by atoms with van der Waals surface area (Å²) in [5.74, 6) is -1.15. The van der Waals surface area contributed by atoms with E-state index in [0.29, 0.717) is 19.3 Å². The van der Waals surface area contributed by atoms with Crippen LogP contribution in [0, 0.1) is 28.6 Å². The summed E-state index contributed by atoms with van der Waals surface area (Å²) >= 11 is 7.30. The first kappa shape index (κ1) is 20.3. The molecule has 4 aliphatic rings. The molecule has 0 amide bonds. The van der Waals surface area contributed by atoms with Crippen LogP contribution in [0.5, 0.6) is 0 Å². The molecule has 1 unspecified atom stereocenters. The van der Waals surface area contributed by atoms with E-state index in [-0.39, 0.29) is 30.0 Å². The molecule has 0 saturated heterocycles. The third kappa shape index (κ3) is 2.09. The Kier molecular flexibility index (Phi) is 4.35. The zero-order valence-corrected chi connectivity index (χ0v) is 17.4. The van der Waals surface area contributed by atoms with E-state index in [1.54, 1.807) is 6.08 Å². The summed E-state index contributed by atoms with van der Waals surface area (Å²) in [7, 11) is 0. The molecule has 154 valence electrons. The van der Waals surface area contributed by atoms with Crippen molar-refractivity contribution < 1.29 is 24.9 Å². The van der Waals surface area contributed by atoms with Crippen LogP contribution in [0.2, 0.25) is 0 Å². The molecule has 28 heavy (non-hydrogen) atoms. The van der Waals surface area contributed by atoms with Gasteiger partial charge in [-0.3, -0.25) is 9.59 Å². The Morgan fingerprint density at radius 3 is 2.64 bits per heavy atom. The van der Waals surface area contributed by atoms with E-state index in [1.165, 1.54) is 6.08 Å². The highest BCUT2D eigenvalue weighted by atomic mass is 35.5. The Bertz CT molecular complexity index is 805. The van der Waals surface area contributed by atoms with Gasteiger partial charge in [-0.15, -0.1) is 11.6 Å². The lowest BCUT2D eigenvalue weighted by atomic mass is 9.45. The van der Waals surface area contributed by atoms with Crippen LogP contribution >= 0.6 is 11.6 Å². The van der Waals surface area contributed by atoms with Crippen LogP contribution in [0.3, 0.4) is 0 Å². The van der Waals surface area contributed by atoms with Gasteiger partial charge < -0.3 is 15.3 Å². The number of fused-ring (bicyclic) bond motifs is 5. The van der Waals surface area contributed by atoms with Crippen molar-refractivity contribution in [3.8, 4) is 0 Å². The molecule has 8 atom stereocenters. The fourth-order valence-corrected chi connectivity index (χ4v) is 7.78. The Hall–Kier alpha value is -1.01. The summed E-state index contributed by atoms with van der Waals surface area (Å²) in [5.41, 5.74) is -2.25. The van der Waals surface area contributed by atoms with Crippen LogP contribution in [-0.4, -0.2) is 50.1 Å². The lowest BCUT2D eigenvalue weighted by molar-refractivity contribution is -0.179. The van der Waals surface area contributed by atoms with Gasteiger partial charge in [-0.1, -0.05) is 32.4 Å². The first-order valence-corrected chi connectivity index (χ1v) is 10.5. The van der Waals surface area contributed by atoms with Gasteiger partial charge in [0.15, 0.2) is 11.6 Å². The number of halogens is 1. The van der Waals surface area contributed by atoms with Crippen molar-refractivity contribution in [2.24, 2.45) is 28.6 Å². The molecule has 0 aromatic heterocycles. The maximum absolute atomic E-state index is 12.6. The maximum atomic E-state index is 12.6. The number of aliphatic hydroxyl groups excluding tert-OH is 2. The van der Waals surface area contributed by atoms with E-state index >= 15 is 0 Å². The van der Waals surface area contributed by atoms with Crippen molar-refractivity contribution in [3.05, 3.63) is 23.8 Å². The predicted octanol–water partition coefficient (Wildman–Crippen LogP) is 2.17. The van der Waals surface area contributed by atoms with Gasteiger partial charge in [0.25, 0.3) is 0 Å². The molecule has 0 spiro atoms. The highest BCUT2D eigenvalue weighted by Crippen LogP contribution is 2.71. The molecule has 0 bridgehead atoms. The van der Waals surface area contributed by atoms with Gasteiger partial charge >= 0.3 is 0 Å². The lowest BCUT2D eigenvalue weighted by Gasteiger charge is -2.63. The van der Waals surface area contributed by atoms with Gasteiger partial charge in [-0.25, -0.2) is 0 Å². The number of carbonyl (C=O) groups is 2. The van der Waals surface area contributed by atoms with Gasteiger partial charge in [-0.2, -0.15) is 0 Å². The van der Waals surface area contributed by atoms with Crippen molar-refractivity contribution in [1.82, 2.24) is 0 Å². The van der Waals surface area contributed by atoms with E-state index < -0.39 is 39.8 Å². The number of allylic oxidation sites excluding steroid dienone is 4. The lowest BCUT2D eigenvalue weighted by Crippen LogP contribution is -2.69. The van der Waals surface area contributed by atoms with Crippen molar-refractivity contribution in [1.29, 1.82) is 0 Å². The number of carbonyl (C=O) groups excluding carboxylic acids is 2. The third-order valence-electron chi connectivity index (χ3n) is 8.79. The molecule has 3 fully saturated rings. The molecule has 0 heterocycles. The molecule has 6 heteroatoms. The molecule has 3 saturated carbocycles. The average molecular weight is 409 g/mol. The standard InChI is InChI=1S/C22H29ClO5/c1-12-8-16-15-5-4-13-9-14(25)6-7-19(13,2)21(15,23)17(26)10-20(16,3)22(12,28)18(27)11-24/h6-7,9,12,15-17,24,26,28H,4-5,8,10-11H2,1-3H3/t12?,15-,16-,17-,19-,20-,21-,22-/m0/s1. The Labute approximate surface area is 170 Å². The van der Waals surface area contributed by atoms with Gasteiger partial charge in [0.2, 0.25) is 0 Å². The number of ketones is 2. The fourth-order valence-electron chi connectivity index (χ4n) is 7.26. The van der Waals surface area contributed by atoms with E-state index in [0.717, 1.165) is 5.57 Å². The minimum absolute atomic E-state index is 0.0567. The van der Waals surface area contributed by atoms with Crippen molar-refractivity contribution in [2.45, 2.75) is 63.0 Å². The zero-order chi connectivity index (χ0) is 20.7. The number of aliphatic hydroxyl groups is 3. The summed E-state index contributed by atoms with van der Waals surface area (Å²) < 4.78 is 0. The maximum Gasteiger partial charge on any atom is 0.190 e. The van der Waals surface area contributed by atoms with Gasteiger partial charge in [0.1, 0.15) is 12.2 Å². The smallest absolute Gasteiger partial charge is 0.190 e. The van der Waals surface area contributed by atoms with Crippen molar-refractivity contribution in [3.63, 3.8) is 0 Å². The van der Waals surface area contributed by atoms with Crippen LogP contribution in [0.15, 0.2) is 23.8 Å². The second-order valence-corrected chi connectivity index (χ2v) is 10.4. The van der Waals surface area contributed by atoms with E-state index in [2.05, 4.69) is 0 Å². The quantitative estimate of drug-likeness (QED) is 0.608. The first-order valence-electron chi connectivity index (χ1n) is 10.1. The van der Waals surface area contributed by atoms with Gasteiger partial charge in [0.05, 0.1) is 11.0 Å². The van der Waals surface area contributed by atoms with E-state index in [1.807, 2.05) is 26.8 Å². The monoisotopic (exact) mass is 408 g/mol. The molecule has 5 nitrogen and oxygen atoms in total. The van der Waals surface area contributed by atoms with Gasteiger partial charge in [-0.05, 0) is 55.6 Å². The summed E-state index contributed by atoms with van der Waals surface area (Å²) in [5, 5.41) is 32.3. The SMILES string of the molecule is CC1C[C@H]2[C@@H]3CCC4=CC(=O)C=C[C@]4(C)[C@@]3(Cl)[C@@H](O)C[C@]2(C)[C@@]1(O)C(=O)CO. The van der Waals surface area contributed by atoms with Crippen molar-refractivity contribution in [2.75, 3.05) is 6.61 Å². The Balaban J connectivity index is 1.84. The minimum atomic E-state index is -1.68. The zero-order valence-electron chi connectivity index (χ0n) is 16.6. The molecule has 4 aliphatic carbocycles. The average Bonchev–Trinajstić information content (AvgIpc) is 2.84. The number of hydrogen-bond acceptors (Lipinski definition) is 5. The van der Waals surface area contributed by atoms with Crippen LogP contribution in [0.25, 0.3) is 0 Å². The summed E-state index contributed by atoms with van der Waals surface area (Å²) in [6.07, 6.45) is 6.22. The second-order valence-electron chi connectivity index (χ2n) is 9.75. The topological polar surface area (TPSA) is 94.8 Å². The summed E-state index contributed by atoms with van der Waals surface area (Å²) in [6, 6.07) is 0. The fraction of sp³-hybridized carbons (Fsp3) is 0.727. The Morgan fingerprint density at radius 2 is 2.00 bits per heavy atom. The molecule has 0 radical (unpaired) electrons. The molecule has 0 aromatic carbocycles. The van der Waals surface area contributed by atoms with Gasteiger partial charge in [0, 0.05) is 10.8 Å². The first-order chi connectivity index (χ1) is 13.0. The molecule has 0 aliphatic heterocycles. The van der Waals surface area contributed by atoms with Crippen LogP contribution in [-0.2, 0) is 9.59 Å². The molecular weight excluding hydrogens is 380 g/mol. The van der Waals surface area contributed by atoms with Crippen LogP contribution in [0.4, 0.5) is 0 Å². The molecule has 3 N–H and O–H groups in total. The normalized spacial score (nSPS) is 52.5. The number of rotatable bonds is 2. The largest absolute Gasteiger partial charge is 0.391 e. The van der Waals surface area contributed by atoms with Crippen LogP contribution in [0.1, 0.15) is 46.5 Å². The summed E-state index contributed by atoms with van der Waals surface area (Å²) in [4.78, 5) is 23.5. The molecule has 4 rings (SSSR count). The van der Waals surface area contributed by atoms with E-state index in [9.17, 15) is 24.9 Å². The second kappa shape index (κ2) is 6.00. The molecule has 0 aromatic rings. The van der Waals surface area contributed by atoms with Crippen LogP contribution < -0.4 is 0 Å². The highest BCUT2D eigenvalue weighted by molar-refractivity contribution is 6.26. The van der Waals surface area contributed by atoms with E-state index in [4.69, 9.17) is 11.6 Å². The number of alkyl halides is 1. The Morgan fingerprint density at radius 1 is 1.32 bits per heavy atom. The molecular formula is C22H29ClO5.